The molecule has 3 aliphatic rings. The van der Waals surface area contributed by atoms with Gasteiger partial charge in [0.05, 0.1) is 11.7 Å². The van der Waals surface area contributed by atoms with Gasteiger partial charge < -0.3 is 4.90 Å². The molecule has 1 aromatic carbocycles. The molecule has 3 heterocycles. The fourth-order valence-electron chi connectivity index (χ4n) is 5.48. The summed E-state index contributed by atoms with van der Waals surface area (Å²) in [4.78, 5) is 17.9. The van der Waals surface area contributed by atoms with Gasteiger partial charge in [-0.15, -0.1) is 0 Å². The molecule has 0 spiro atoms. The van der Waals surface area contributed by atoms with Crippen molar-refractivity contribution in [2.24, 2.45) is 5.92 Å². The highest BCUT2D eigenvalue weighted by molar-refractivity contribution is 7.89. The maximum atomic E-state index is 13.2. The summed E-state index contributed by atoms with van der Waals surface area (Å²) in [6, 6.07) is 5.78. The van der Waals surface area contributed by atoms with Crippen LogP contribution < -0.4 is 0 Å². The van der Waals surface area contributed by atoms with Crippen molar-refractivity contribution < 1.29 is 13.2 Å². The molecule has 8 nitrogen and oxygen atoms in total. The highest BCUT2D eigenvalue weighted by Gasteiger charge is 2.36. The van der Waals surface area contributed by atoms with Gasteiger partial charge in [0.15, 0.2) is 0 Å². The van der Waals surface area contributed by atoms with Gasteiger partial charge in [-0.25, -0.2) is 8.42 Å². The lowest BCUT2D eigenvalue weighted by Crippen LogP contribution is -2.54. The first kappa shape index (κ1) is 22.2. The van der Waals surface area contributed by atoms with Crippen molar-refractivity contribution in [1.82, 2.24) is 22.9 Å². The number of amides is 1. The van der Waals surface area contributed by atoms with E-state index in [9.17, 15) is 13.2 Å². The van der Waals surface area contributed by atoms with Gasteiger partial charge in [0, 0.05) is 51.2 Å². The fraction of sp³-hybridized carbons (Fsp3) is 0.682. The van der Waals surface area contributed by atoms with Crippen LogP contribution in [0.1, 0.15) is 44.9 Å². The Morgan fingerprint density at radius 2 is 1.62 bits per heavy atom. The van der Waals surface area contributed by atoms with E-state index >= 15 is 0 Å². The summed E-state index contributed by atoms with van der Waals surface area (Å²) in [7, 11) is -3.65. The van der Waals surface area contributed by atoms with E-state index in [0.29, 0.717) is 43.0 Å². The van der Waals surface area contributed by atoms with Crippen LogP contribution in [-0.4, -0.2) is 82.5 Å². The topological polar surface area (TPSA) is 86.7 Å². The Morgan fingerprint density at radius 3 is 2.34 bits per heavy atom. The van der Waals surface area contributed by atoms with Crippen LogP contribution in [0.3, 0.4) is 0 Å². The number of rotatable bonds is 4. The first-order valence-corrected chi connectivity index (χ1v) is 14.0. The molecule has 2 aliphatic heterocycles. The number of carbonyl (C=O) groups excluding carboxylic acids is 1. The van der Waals surface area contributed by atoms with E-state index in [-0.39, 0.29) is 16.7 Å². The average molecular weight is 478 g/mol. The summed E-state index contributed by atoms with van der Waals surface area (Å²) in [5, 5.41) is 0. The van der Waals surface area contributed by atoms with Crippen LogP contribution in [0.15, 0.2) is 23.1 Å². The maximum Gasteiger partial charge on any atom is 0.245 e. The zero-order chi connectivity index (χ0) is 22.1. The predicted molar refractivity (Wildman–Crippen MR) is 124 cm³/mol. The number of fused-ring (bicyclic) bond motifs is 1. The first-order valence-electron chi connectivity index (χ1n) is 11.8. The molecule has 0 bridgehead atoms. The van der Waals surface area contributed by atoms with Crippen LogP contribution in [0.4, 0.5) is 0 Å². The van der Waals surface area contributed by atoms with E-state index in [2.05, 4.69) is 13.6 Å². The molecule has 0 radical (unpaired) electrons. The largest absolute Gasteiger partial charge is 0.340 e. The number of piperidine rings is 1. The number of piperazine rings is 1. The molecule has 0 atom stereocenters. The van der Waals surface area contributed by atoms with Gasteiger partial charge in [0.25, 0.3) is 0 Å². The maximum absolute atomic E-state index is 13.2. The van der Waals surface area contributed by atoms with Crippen molar-refractivity contribution in [3.63, 3.8) is 0 Å². The molecule has 32 heavy (non-hydrogen) atoms. The highest BCUT2D eigenvalue weighted by Crippen LogP contribution is 2.29. The van der Waals surface area contributed by atoms with Gasteiger partial charge in [-0.2, -0.15) is 13.1 Å². The third-order valence-corrected chi connectivity index (χ3v) is 9.86. The number of nitrogens with zero attached hydrogens (tertiary/aromatic N) is 5. The third kappa shape index (κ3) is 4.30. The molecule has 0 N–H and O–H groups in total. The Hall–Kier alpha value is -1.62. The smallest absolute Gasteiger partial charge is 0.245 e. The number of benzene rings is 1. The van der Waals surface area contributed by atoms with Crippen LogP contribution in [0.2, 0.25) is 0 Å². The molecular formula is C22H31N5O3S2. The molecule has 1 aliphatic carbocycles. The molecule has 5 rings (SSSR count). The second-order valence-electron chi connectivity index (χ2n) is 9.22. The van der Waals surface area contributed by atoms with Gasteiger partial charge >= 0.3 is 0 Å². The molecule has 2 saturated heterocycles. The second kappa shape index (κ2) is 9.32. The minimum atomic E-state index is -3.65. The van der Waals surface area contributed by atoms with Crippen molar-refractivity contribution in [3.8, 4) is 0 Å². The zero-order valence-electron chi connectivity index (χ0n) is 18.4. The Labute approximate surface area is 193 Å². The number of carbonyl (C=O) groups is 1. The van der Waals surface area contributed by atoms with Crippen LogP contribution >= 0.6 is 11.7 Å². The van der Waals surface area contributed by atoms with Crippen molar-refractivity contribution >= 4 is 38.7 Å². The van der Waals surface area contributed by atoms with Crippen LogP contribution in [0.25, 0.3) is 11.0 Å². The highest BCUT2D eigenvalue weighted by atomic mass is 32.2. The van der Waals surface area contributed by atoms with Gasteiger partial charge in [-0.1, -0.05) is 25.3 Å². The summed E-state index contributed by atoms with van der Waals surface area (Å²) in [6.45, 7) is 4.27. The van der Waals surface area contributed by atoms with E-state index in [1.54, 1.807) is 18.2 Å². The molecule has 174 valence electrons. The first-order chi connectivity index (χ1) is 15.5. The van der Waals surface area contributed by atoms with Crippen molar-refractivity contribution in [2.75, 3.05) is 39.3 Å². The van der Waals surface area contributed by atoms with Crippen molar-refractivity contribution in [2.45, 2.75) is 55.9 Å². The normalized spacial score (nSPS) is 23.1. The monoisotopic (exact) mass is 477 g/mol. The standard InChI is InChI=1S/C22H31N5O3S2/c28-22(26-15-13-25(14-16-26)18-5-2-1-3-6-18)17-9-11-27(12-10-17)32(29,30)20-8-4-7-19-21(20)24-31-23-19/h4,7-8,17-18H,1-3,5-6,9-16H2. The Morgan fingerprint density at radius 1 is 0.906 bits per heavy atom. The minimum absolute atomic E-state index is 0.0839. The van der Waals surface area contributed by atoms with Crippen LogP contribution in [-0.2, 0) is 14.8 Å². The van der Waals surface area contributed by atoms with Crippen LogP contribution in [0, 0.1) is 5.92 Å². The Kier molecular flexibility index (Phi) is 6.46. The Balaban J connectivity index is 1.17. The average Bonchev–Trinajstić information content (AvgIpc) is 3.33. The summed E-state index contributed by atoms with van der Waals surface area (Å²) >= 11 is 1.02. The lowest BCUT2D eigenvalue weighted by atomic mass is 9.93. The minimum Gasteiger partial charge on any atom is -0.340 e. The molecule has 3 fully saturated rings. The number of hydrogen-bond acceptors (Lipinski definition) is 7. The molecule has 10 heteroatoms. The summed E-state index contributed by atoms with van der Waals surface area (Å²) in [5.41, 5.74) is 1.04. The summed E-state index contributed by atoms with van der Waals surface area (Å²) < 4.78 is 36.3. The van der Waals surface area contributed by atoms with Gasteiger partial charge in [-0.05, 0) is 37.8 Å². The van der Waals surface area contributed by atoms with E-state index in [1.165, 1.54) is 36.4 Å². The number of sulfonamides is 1. The van der Waals surface area contributed by atoms with E-state index in [0.717, 1.165) is 37.9 Å². The zero-order valence-corrected chi connectivity index (χ0v) is 20.0. The quantitative estimate of drug-likeness (QED) is 0.673. The van der Waals surface area contributed by atoms with Gasteiger partial charge in [-0.3, -0.25) is 9.69 Å². The molecule has 2 aromatic rings. The second-order valence-corrected chi connectivity index (χ2v) is 11.7. The van der Waals surface area contributed by atoms with E-state index in [1.807, 2.05) is 4.90 Å². The molecule has 1 aromatic heterocycles. The molecular weight excluding hydrogens is 446 g/mol. The molecule has 1 saturated carbocycles. The third-order valence-electron chi connectivity index (χ3n) is 7.39. The predicted octanol–water partition coefficient (Wildman–Crippen LogP) is 2.57. The number of aromatic nitrogens is 2. The van der Waals surface area contributed by atoms with Gasteiger partial charge in [0.2, 0.25) is 15.9 Å². The lowest BCUT2D eigenvalue weighted by Gasteiger charge is -2.42. The Bertz CT molecular complexity index is 1050. The molecule has 0 unspecified atom stereocenters. The van der Waals surface area contributed by atoms with Gasteiger partial charge in [0.1, 0.15) is 15.9 Å². The summed E-state index contributed by atoms with van der Waals surface area (Å²) in [6.07, 6.45) is 7.77. The van der Waals surface area contributed by atoms with Crippen LogP contribution in [0.5, 0.6) is 0 Å². The van der Waals surface area contributed by atoms with E-state index < -0.39 is 10.0 Å². The molecule has 1 amide bonds. The van der Waals surface area contributed by atoms with Crippen molar-refractivity contribution in [1.29, 1.82) is 0 Å². The SMILES string of the molecule is O=C(C1CCN(S(=O)(=O)c2cccc3nsnc23)CC1)N1CCN(C2CCCCC2)CC1. The lowest BCUT2D eigenvalue weighted by molar-refractivity contribution is -0.139. The number of hydrogen-bond donors (Lipinski definition) is 0. The van der Waals surface area contributed by atoms with Crippen molar-refractivity contribution in [3.05, 3.63) is 18.2 Å². The fourth-order valence-corrected chi connectivity index (χ4v) is 7.71. The van der Waals surface area contributed by atoms with E-state index in [4.69, 9.17) is 0 Å². The summed E-state index contributed by atoms with van der Waals surface area (Å²) in [5.74, 6) is 0.121.